The van der Waals surface area contributed by atoms with Crippen molar-refractivity contribution < 1.29 is 27.5 Å². The summed E-state index contributed by atoms with van der Waals surface area (Å²) in [5.74, 6) is 0.722. The van der Waals surface area contributed by atoms with Crippen molar-refractivity contribution in [2.24, 2.45) is 0 Å². The second kappa shape index (κ2) is 16.6. The molecule has 0 aliphatic carbocycles. The molecule has 3 rings (SSSR count). The molecular weight excluding hydrogens is 566 g/mol. The molecule has 1 atom stereocenters. The maximum Gasteiger partial charge on any atom is 0.243 e. The Labute approximate surface area is 255 Å². The highest BCUT2D eigenvalue weighted by Gasteiger charge is 2.30. The Hall–Kier alpha value is -4.05. The molecule has 1 N–H and O–H groups in total. The van der Waals surface area contributed by atoms with Gasteiger partial charge in [-0.25, -0.2) is 8.42 Å². The van der Waals surface area contributed by atoms with Gasteiger partial charge in [-0.15, -0.1) is 0 Å². The molecule has 0 radical (unpaired) electrons. The van der Waals surface area contributed by atoms with E-state index >= 15 is 0 Å². The highest BCUT2D eigenvalue weighted by Crippen LogP contribution is 2.24. The lowest BCUT2D eigenvalue weighted by Gasteiger charge is -2.32. The average Bonchev–Trinajstić information content (AvgIpc) is 3.01. The summed E-state index contributed by atoms with van der Waals surface area (Å²) in [5.41, 5.74) is 2.21. The van der Waals surface area contributed by atoms with E-state index in [2.05, 4.69) is 12.2 Å². The van der Waals surface area contributed by atoms with E-state index in [1.54, 1.807) is 36.3 Å². The van der Waals surface area contributed by atoms with Gasteiger partial charge in [0.2, 0.25) is 21.8 Å². The van der Waals surface area contributed by atoms with Crippen molar-refractivity contribution in [3.63, 3.8) is 0 Å². The number of hydrogen-bond acceptors (Lipinski definition) is 6. The SMILES string of the molecule is CCCCNC(=O)[C@H](Cc1ccccc1)N(Cc1cccc(OC)c1)C(=O)CCCN(c1cccc(OC)c1)S(C)(=O)=O. The molecule has 2 amide bonds. The Morgan fingerprint density at radius 1 is 0.860 bits per heavy atom. The molecule has 0 aliphatic rings. The molecule has 0 aromatic heterocycles. The Bertz CT molecular complexity index is 1430. The normalized spacial score (nSPS) is 11.8. The fourth-order valence-corrected chi connectivity index (χ4v) is 5.75. The number of benzene rings is 3. The van der Waals surface area contributed by atoms with Crippen LogP contribution in [-0.2, 0) is 32.6 Å². The molecule has 0 spiro atoms. The predicted octanol–water partition coefficient (Wildman–Crippen LogP) is 4.81. The van der Waals surface area contributed by atoms with Crippen LogP contribution in [0.25, 0.3) is 0 Å². The van der Waals surface area contributed by atoms with Gasteiger partial charge in [0, 0.05) is 38.5 Å². The second-order valence-electron chi connectivity index (χ2n) is 10.4. The lowest BCUT2D eigenvalue weighted by atomic mass is 10.0. The van der Waals surface area contributed by atoms with Crippen molar-refractivity contribution in [1.29, 1.82) is 0 Å². The van der Waals surface area contributed by atoms with E-state index in [0.717, 1.165) is 30.2 Å². The number of nitrogens with zero attached hydrogens (tertiary/aromatic N) is 2. The molecule has 3 aromatic carbocycles. The van der Waals surface area contributed by atoms with Gasteiger partial charge >= 0.3 is 0 Å². The zero-order valence-corrected chi connectivity index (χ0v) is 26.3. The Morgan fingerprint density at radius 2 is 1.51 bits per heavy atom. The first-order valence-corrected chi connectivity index (χ1v) is 16.4. The van der Waals surface area contributed by atoms with E-state index in [0.29, 0.717) is 30.2 Å². The third-order valence-corrected chi connectivity index (χ3v) is 8.28. The molecule has 43 heavy (non-hydrogen) atoms. The Balaban J connectivity index is 1.89. The second-order valence-corrected chi connectivity index (χ2v) is 12.3. The molecule has 0 fully saturated rings. The lowest BCUT2D eigenvalue weighted by molar-refractivity contribution is -0.141. The van der Waals surface area contributed by atoms with Crippen LogP contribution in [0.5, 0.6) is 11.5 Å². The van der Waals surface area contributed by atoms with Gasteiger partial charge in [0.15, 0.2) is 0 Å². The van der Waals surface area contributed by atoms with E-state index < -0.39 is 16.1 Å². The molecule has 232 valence electrons. The third-order valence-electron chi connectivity index (χ3n) is 7.08. The monoisotopic (exact) mass is 609 g/mol. The standard InChI is InChI=1S/C33H43N3O6S/c1-5-6-20-34-33(38)31(23-26-13-8-7-9-14-26)35(25-27-15-10-17-29(22-27)41-2)32(37)19-12-21-36(43(4,39)40)28-16-11-18-30(24-28)42-3/h7-11,13-18,22,24,31H,5-6,12,19-21,23,25H2,1-4H3,(H,34,38)/t31-/m0/s1. The molecule has 9 nitrogen and oxygen atoms in total. The summed E-state index contributed by atoms with van der Waals surface area (Å²) in [6.45, 7) is 2.86. The van der Waals surface area contributed by atoms with Gasteiger partial charge in [-0.1, -0.05) is 61.9 Å². The van der Waals surface area contributed by atoms with E-state index in [-0.39, 0.29) is 37.7 Å². The first-order valence-electron chi connectivity index (χ1n) is 14.5. The van der Waals surface area contributed by atoms with Crippen LogP contribution in [0.2, 0.25) is 0 Å². The summed E-state index contributed by atoms with van der Waals surface area (Å²) in [7, 11) is -0.528. The molecule has 10 heteroatoms. The molecule has 0 saturated carbocycles. The van der Waals surface area contributed by atoms with Crippen molar-refractivity contribution >= 4 is 27.5 Å². The minimum atomic E-state index is -3.63. The number of anilines is 1. The van der Waals surface area contributed by atoms with E-state index in [9.17, 15) is 18.0 Å². The van der Waals surface area contributed by atoms with Crippen LogP contribution in [0.3, 0.4) is 0 Å². The Kier molecular flexibility index (Phi) is 12.9. The first kappa shape index (κ1) is 33.5. The number of nitrogens with one attached hydrogen (secondary N) is 1. The number of ether oxygens (including phenoxy) is 2. The van der Waals surface area contributed by atoms with Crippen molar-refractivity contribution in [1.82, 2.24) is 10.2 Å². The maximum absolute atomic E-state index is 14.0. The number of sulfonamides is 1. The maximum atomic E-state index is 14.0. The topological polar surface area (TPSA) is 105 Å². The van der Waals surface area contributed by atoms with Gasteiger partial charge in [-0.3, -0.25) is 13.9 Å². The van der Waals surface area contributed by atoms with Gasteiger partial charge in [-0.05, 0) is 48.2 Å². The molecule has 0 bridgehead atoms. The fourth-order valence-electron chi connectivity index (χ4n) is 4.80. The highest BCUT2D eigenvalue weighted by atomic mass is 32.2. The van der Waals surface area contributed by atoms with E-state index in [4.69, 9.17) is 9.47 Å². The van der Waals surface area contributed by atoms with Crippen LogP contribution in [0, 0.1) is 0 Å². The number of rotatable bonds is 17. The quantitative estimate of drug-likeness (QED) is 0.220. The highest BCUT2D eigenvalue weighted by molar-refractivity contribution is 7.92. The first-order chi connectivity index (χ1) is 20.7. The largest absolute Gasteiger partial charge is 0.497 e. The summed E-state index contributed by atoms with van der Waals surface area (Å²) in [5, 5.41) is 3.02. The smallest absolute Gasteiger partial charge is 0.243 e. The fraction of sp³-hybridized carbons (Fsp3) is 0.394. The number of unbranched alkanes of at least 4 members (excludes halogenated alkanes) is 1. The molecule has 0 heterocycles. The van der Waals surface area contributed by atoms with Crippen molar-refractivity contribution in [3.05, 3.63) is 90.0 Å². The van der Waals surface area contributed by atoms with Crippen molar-refractivity contribution in [2.45, 2.75) is 51.6 Å². The Morgan fingerprint density at radius 3 is 2.16 bits per heavy atom. The number of hydrogen-bond donors (Lipinski definition) is 1. The summed E-state index contributed by atoms with van der Waals surface area (Å²) in [6, 6.07) is 23.1. The minimum absolute atomic E-state index is 0.0491. The predicted molar refractivity (Wildman–Crippen MR) is 170 cm³/mol. The molecular formula is C33H43N3O6S. The molecule has 0 aliphatic heterocycles. The lowest BCUT2D eigenvalue weighted by Crippen LogP contribution is -2.50. The van der Waals surface area contributed by atoms with Crippen LogP contribution in [-0.4, -0.2) is 64.7 Å². The number of carbonyl (C=O) groups is 2. The number of methoxy groups -OCH3 is 2. The average molecular weight is 610 g/mol. The summed E-state index contributed by atoms with van der Waals surface area (Å²) < 4.78 is 37.3. The van der Waals surface area contributed by atoms with Gasteiger partial charge < -0.3 is 19.7 Å². The van der Waals surface area contributed by atoms with Gasteiger partial charge in [0.1, 0.15) is 17.5 Å². The third kappa shape index (κ3) is 10.3. The van der Waals surface area contributed by atoms with Crippen LogP contribution >= 0.6 is 0 Å². The van der Waals surface area contributed by atoms with Crippen LogP contribution < -0.4 is 19.1 Å². The van der Waals surface area contributed by atoms with Gasteiger partial charge in [0.25, 0.3) is 0 Å². The van der Waals surface area contributed by atoms with Crippen molar-refractivity contribution in [3.8, 4) is 11.5 Å². The molecule has 0 unspecified atom stereocenters. The number of amides is 2. The van der Waals surface area contributed by atoms with Crippen LogP contribution in [0.1, 0.15) is 43.7 Å². The van der Waals surface area contributed by atoms with Crippen LogP contribution in [0.15, 0.2) is 78.9 Å². The van der Waals surface area contributed by atoms with Gasteiger partial charge in [-0.2, -0.15) is 0 Å². The van der Waals surface area contributed by atoms with E-state index in [1.807, 2.05) is 54.6 Å². The molecule has 3 aromatic rings. The summed E-state index contributed by atoms with van der Waals surface area (Å²) >= 11 is 0. The van der Waals surface area contributed by atoms with E-state index in [1.165, 1.54) is 11.4 Å². The minimum Gasteiger partial charge on any atom is -0.497 e. The zero-order chi connectivity index (χ0) is 31.2. The van der Waals surface area contributed by atoms with Gasteiger partial charge in [0.05, 0.1) is 26.2 Å². The molecule has 0 saturated heterocycles. The number of carbonyl (C=O) groups excluding carboxylic acids is 2. The summed E-state index contributed by atoms with van der Waals surface area (Å²) in [6.07, 6.45) is 3.55. The van der Waals surface area contributed by atoms with Crippen LogP contribution in [0.4, 0.5) is 5.69 Å². The zero-order valence-electron chi connectivity index (χ0n) is 25.5. The summed E-state index contributed by atoms with van der Waals surface area (Å²) in [4.78, 5) is 29.2. The van der Waals surface area contributed by atoms with Crippen molar-refractivity contribution in [2.75, 3.05) is 37.9 Å².